The van der Waals surface area contributed by atoms with Crippen molar-refractivity contribution in [3.05, 3.63) is 18.2 Å². The largest absolute Gasteiger partial charge is 0.497 e. The summed E-state index contributed by atoms with van der Waals surface area (Å²) in [5, 5.41) is 6.53. The van der Waals surface area contributed by atoms with Crippen LogP contribution in [0.15, 0.2) is 18.2 Å². The molecular weight excluding hydrogens is 252 g/mol. The molecule has 2 aliphatic rings. The smallest absolute Gasteiger partial charge is 0.232 e. The fourth-order valence-corrected chi connectivity index (χ4v) is 3.23. The lowest BCUT2D eigenvalue weighted by molar-refractivity contribution is -0.126. The number of nitrogens with one attached hydrogen (secondary N) is 2. The van der Waals surface area contributed by atoms with Crippen molar-refractivity contribution in [2.45, 2.75) is 32.6 Å². The second-order valence-corrected chi connectivity index (χ2v) is 6.18. The fourth-order valence-electron chi connectivity index (χ4n) is 3.23. The zero-order valence-corrected chi connectivity index (χ0v) is 12.2. The number of amides is 1. The summed E-state index contributed by atoms with van der Waals surface area (Å²) >= 11 is 0. The van der Waals surface area contributed by atoms with Gasteiger partial charge in [0.2, 0.25) is 5.91 Å². The molecule has 0 atom stereocenters. The number of hydrogen-bond acceptors (Lipinski definition) is 3. The van der Waals surface area contributed by atoms with Crippen molar-refractivity contribution in [3.8, 4) is 5.75 Å². The second kappa shape index (κ2) is 5.00. The van der Waals surface area contributed by atoms with Crippen LogP contribution in [0.1, 0.15) is 32.6 Å². The van der Waals surface area contributed by atoms with Gasteiger partial charge in [-0.1, -0.05) is 6.92 Å². The Bertz CT molecular complexity index is 519. The minimum absolute atomic E-state index is 0.156. The molecule has 1 heterocycles. The number of benzene rings is 1. The average molecular weight is 274 g/mol. The van der Waals surface area contributed by atoms with Crippen molar-refractivity contribution in [2.75, 3.05) is 24.3 Å². The van der Waals surface area contributed by atoms with E-state index < -0.39 is 0 Å². The maximum atomic E-state index is 12.7. The van der Waals surface area contributed by atoms with Crippen LogP contribution in [-0.4, -0.2) is 19.6 Å². The Hall–Kier alpha value is -1.71. The van der Waals surface area contributed by atoms with Gasteiger partial charge >= 0.3 is 0 Å². The Morgan fingerprint density at radius 1 is 1.25 bits per heavy atom. The van der Waals surface area contributed by atoms with Gasteiger partial charge in [-0.05, 0) is 43.7 Å². The van der Waals surface area contributed by atoms with Crippen LogP contribution in [0, 0.1) is 11.3 Å². The summed E-state index contributed by atoms with van der Waals surface area (Å²) in [7, 11) is 1.64. The van der Waals surface area contributed by atoms with E-state index in [4.69, 9.17) is 4.74 Å². The van der Waals surface area contributed by atoms with Crippen molar-refractivity contribution in [1.82, 2.24) is 0 Å². The molecular formula is C16H22N2O2. The van der Waals surface area contributed by atoms with E-state index in [0.29, 0.717) is 0 Å². The number of carbonyl (C=O) groups excluding carboxylic acids is 1. The van der Waals surface area contributed by atoms with Crippen molar-refractivity contribution in [3.63, 3.8) is 0 Å². The summed E-state index contributed by atoms with van der Waals surface area (Å²) in [6, 6.07) is 5.77. The van der Waals surface area contributed by atoms with Crippen molar-refractivity contribution in [1.29, 1.82) is 0 Å². The van der Waals surface area contributed by atoms with E-state index >= 15 is 0 Å². The van der Waals surface area contributed by atoms with Crippen LogP contribution in [0.5, 0.6) is 5.75 Å². The number of carbonyl (C=O) groups is 1. The van der Waals surface area contributed by atoms with Crippen LogP contribution in [0.3, 0.4) is 0 Å². The summed E-state index contributed by atoms with van der Waals surface area (Å²) in [4.78, 5) is 12.7. The first-order chi connectivity index (χ1) is 9.63. The lowest BCUT2D eigenvalue weighted by Gasteiger charge is -2.36. The van der Waals surface area contributed by atoms with E-state index in [1.54, 1.807) is 7.11 Å². The molecule has 1 aliphatic heterocycles. The van der Waals surface area contributed by atoms with E-state index in [9.17, 15) is 4.79 Å². The molecule has 1 saturated carbocycles. The normalized spacial score (nSPS) is 29.1. The molecule has 4 nitrogen and oxygen atoms in total. The highest BCUT2D eigenvalue weighted by Crippen LogP contribution is 2.42. The molecule has 1 aromatic carbocycles. The predicted molar refractivity (Wildman–Crippen MR) is 80.2 cm³/mol. The van der Waals surface area contributed by atoms with Gasteiger partial charge < -0.3 is 15.4 Å². The van der Waals surface area contributed by atoms with E-state index in [1.807, 2.05) is 18.2 Å². The zero-order valence-electron chi connectivity index (χ0n) is 12.2. The summed E-state index contributed by atoms with van der Waals surface area (Å²) in [5.74, 6) is 1.65. The number of fused-ring (bicyclic) bond motifs is 1. The predicted octanol–water partition coefficient (Wildman–Crippen LogP) is 3.26. The van der Waals surface area contributed by atoms with E-state index in [-0.39, 0.29) is 11.3 Å². The SMILES string of the molecule is COc1ccc2c(c1)NC(=O)C1(CCC(C)CC1)CN2. The van der Waals surface area contributed by atoms with Gasteiger partial charge in [-0.2, -0.15) is 0 Å². The van der Waals surface area contributed by atoms with Crippen LogP contribution >= 0.6 is 0 Å². The lowest BCUT2D eigenvalue weighted by Crippen LogP contribution is -2.42. The number of hydrogen-bond donors (Lipinski definition) is 2. The highest BCUT2D eigenvalue weighted by Gasteiger charge is 2.42. The average Bonchev–Trinajstić information content (AvgIpc) is 2.59. The van der Waals surface area contributed by atoms with E-state index in [2.05, 4.69) is 17.6 Å². The molecule has 0 saturated heterocycles. The topological polar surface area (TPSA) is 50.4 Å². The van der Waals surface area contributed by atoms with Crippen LogP contribution in [0.4, 0.5) is 11.4 Å². The van der Waals surface area contributed by atoms with Crippen LogP contribution in [0.25, 0.3) is 0 Å². The van der Waals surface area contributed by atoms with Gasteiger partial charge in [0.1, 0.15) is 5.75 Å². The summed E-state index contributed by atoms with van der Waals surface area (Å²) < 4.78 is 5.23. The highest BCUT2D eigenvalue weighted by molar-refractivity contribution is 6.00. The minimum atomic E-state index is -0.251. The van der Waals surface area contributed by atoms with Gasteiger partial charge in [0, 0.05) is 12.6 Å². The Morgan fingerprint density at radius 2 is 2.00 bits per heavy atom. The maximum Gasteiger partial charge on any atom is 0.232 e. The third kappa shape index (κ3) is 2.23. The molecule has 1 aromatic rings. The highest BCUT2D eigenvalue weighted by atomic mass is 16.5. The number of ether oxygens (including phenoxy) is 1. The fraction of sp³-hybridized carbons (Fsp3) is 0.562. The first-order valence-corrected chi connectivity index (χ1v) is 7.36. The minimum Gasteiger partial charge on any atom is -0.497 e. The molecule has 1 amide bonds. The summed E-state index contributed by atoms with van der Waals surface area (Å²) in [5.41, 5.74) is 1.55. The number of anilines is 2. The molecule has 1 aliphatic carbocycles. The first-order valence-electron chi connectivity index (χ1n) is 7.36. The Kier molecular flexibility index (Phi) is 3.32. The monoisotopic (exact) mass is 274 g/mol. The quantitative estimate of drug-likeness (QED) is 0.826. The Balaban J connectivity index is 1.87. The van der Waals surface area contributed by atoms with Gasteiger partial charge in [-0.3, -0.25) is 4.79 Å². The summed E-state index contributed by atoms with van der Waals surface area (Å²) in [6.07, 6.45) is 4.21. The molecule has 0 unspecified atom stereocenters. The maximum absolute atomic E-state index is 12.7. The Morgan fingerprint density at radius 3 is 2.70 bits per heavy atom. The molecule has 2 N–H and O–H groups in total. The van der Waals surface area contributed by atoms with E-state index in [1.165, 1.54) is 0 Å². The molecule has 108 valence electrons. The van der Waals surface area contributed by atoms with Gasteiger partial charge in [0.15, 0.2) is 0 Å². The molecule has 4 heteroatoms. The van der Waals surface area contributed by atoms with Crippen LogP contribution in [-0.2, 0) is 4.79 Å². The lowest BCUT2D eigenvalue weighted by atomic mass is 9.70. The molecule has 0 bridgehead atoms. The van der Waals surface area contributed by atoms with Gasteiger partial charge in [0.05, 0.1) is 23.9 Å². The third-order valence-corrected chi connectivity index (χ3v) is 4.81. The molecule has 20 heavy (non-hydrogen) atoms. The van der Waals surface area contributed by atoms with Gasteiger partial charge in [-0.25, -0.2) is 0 Å². The van der Waals surface area contributed by atoms with Gasteiger partial charge in [-0.15, -0.1) is 0 Å². The molecule has 1 spiro atoms. The standard InChI is InChI=1S/C16H22N2O2/c1-11-5-7-16(8-6-11)10-17-13-4-3-12(20-2)9-14(13)18-15(16)19/h3-4,9,11,17H,5-8,10H2,1-2H3,(H,18,19). The summed E-state index contributed by atoms with van der Waals surface area (Å²) in [6.45, 7) is 3.00. The molecule has 3 rings (SSSR count). The molecule has 0 aromatic heterocycles. The zero-order chi connectivity index (χ0) is 14.2. The number of rotatable bonds is 1. The Labute approximate surface area is 119 Å². The van der Waals surface area contributed by atoms with Crippen LogP contribution in [0.2, 0.25) is 0 Å². The van der Waals surface area contributed by atoms with Crippen molar-refractivity contribution in [2.24, 2.45) is 11.3 Å². The first kappa shape index (κ1) is 13.3. The van der Waals surface area contributed by atoms with Gasteiger partial charge in [0.25, 0.3) is 0 Å². The van der Waals surface area contributed by atoms with Crippen molar-refractivity contribution >= 4 is 17.3 Å². The number of methoxy groups -OCH3 is 1. The second-order valence-electron chi connectivity index (χ2n) is 6.18. The molecule has 0 radical (unpaired) electrons. The van der Waals surface area contributed by atoms with Crippen LogP contribution < -0.4 is 15.4 Å². The molecule has 1 fully saturated rings. The third-order valence-electron chi connectivity index (χ3n) is 4.81. The van der Waals surface area contributed by atoms with Crippen molar-refractivity contribution < 1.29 is 9.53 Å². The van der Waals surface area contributed by atoms with E-state index in [0.717, 1.165) is 55.3 Å².